The molecule has 0 heterocycles. The molecule has 26 heavy (non-hydrogen) atoms. The molecule has 0 fully saturated rings. The number of alkyl halides is 2. The third-order valence-electron chi connectivity index (χ3n) is 4.77. The van der Waals surface area contributed by atoms with Crippen LogP contribution >= 0.6 is 0 Å². The van der Waals surface area contributed by atoms with E-state index in [9.17, 15) is 4.79 Å². The number of nitrogens with two attached hydrogens (primary N) is 1. The quantitative estimate of drug-likeness (QED) is 0.0799. The molecule has 0 aromatic carbocycles. The van der Waals surface area contributed by atoms with Crippen LogP contribution in [0.4, 0.5) is 0 Å². The van der Waals surface area contributed by atoms with Crippen LogP contribution in [0, 0.1) is 0 Å². The molecule has 0 bridgehead atoms. The second-order valence-electron chi connectivity index (χ2n) is 6.67. The Morgan fingerprint density at radius 2 is 1.77 bits per heavy atom. The molecule has 0 aliphatic heterocycles. The summed E-state index contributed by atoms with van der Waals surface area (Å²) in [6, 6.07) is 1.00. The van der Waals surface area contributed by atoms with Crippen molar-refractivity contribution < 1.29 is 36.5 Å². The van der Waals surface area contributed by atoms with E-state index >= 15 is 0 Å². The molecule has 0 aliphatic rings. The van der Waals surface area contributed by atoms with Gasteiger partial charge >= 0.3 is 172 Å². The summed E-state index contributed by atoms with van der Waals surface area (Å²) in [7, 11) is 0. The molecule has 0 aromatic heterocycles. The minimum absolute atomic E-state index is 0.0501. The molecular weight excluding hydrogens is 443 g/mol. The Bertz CT molecular complexity index is 342. The summed E-state index contributed by atoms with van der Waals surface area (Å²) >= 11 is 0.214. The zero-order valence-electron chi connectivity index (χ0n) is 17.5. The molecule has 0 aromatic rings. The standard InChI is InChI=1S/C19H42IN4O2/c1-5-13-23(15-12-21)17(3)18(4)24(16-22)14-11-20-10-8-7-9-19(25)26-6-2/h17-18H,5-16,21-22H2,1-4H3/q-1/p+1. The van der Waals surface area contributed by atoms with Crippen LogP contribution in [0.2, 0.25) is 0 Å². The van der Waals surface area contributed by atoms with E-state index < -0.39 is 0 Å². The summed E-state index contributed by atoms with van der Waals surface area (Å²) in [6.07, 6.45) is 3.86. The van der Waals surface area contributed by atoms with Crippen LogP contribution in [0.3, 0.4) is 0 Å². The van der Waals surface area contributed by atoms with E-state index in [1.807, 2.05) is 6.92 Å². The fourth-order valence-electron chi connectivity index (χ4n) is 3.06. The predicted octanol–water partition coefficient (Wildman–Crippen LogP) is -2.24. The van der Waals surface area contributed by atoms with Crippen LogP contribution in [0.1, 0.15) is 53.4 Å². The molecule has 0 radical (unpaired) electrons. The van der Waals surface area contributed by atoms with E-state index in [2.05, 4.69) is 36.3 Å². The molecule has 2 atom stereocenters. The monoisotopic (exact) mass is 486 g/mol. The molecule has 0 aliphatic carbocycles. The van der Waals surface area contributed by atoms with Gasteiger partial charge in [-0.25, -0.2) is 0 Å². The number of nitrogens with zero attached hydrogens (tertiary/aromatic N) is 2. The van der Waals surface area contributed by atoms with Crippen molar-refractivity contribution in [3.63, 3.8) is 0 Å². The van der Waals surface area contributed by atoms with E-state index in [0.29, 0.717) is 25.1 Å². The summed E-state index contributed by atoms with van der Waals surface area (Å²) in [5, 5.41) is 0. The summed E-state index contributed by atoms with van der Waals surface area (Å²) in [4.78, 5) is 16.3. The van der Waals surface area contributed by atoms with Gasteiger partial charge in [-0.1, -0.05) is 0 Å². The molecule has 0 spiro atoms. The van der Waals surface area contributed by atoms with Crippen molar-refractivity contribution in [2.45, 2.75) is 65.5 Å². The molecule has 7 heteroatoms. The summed E-state index contributed by atoms with van der Waals surface area (Å²) < 4.78 is 7.56. The Morgan fingerprint density at radius 1 is 1.08 bits per heavy atom. The van der Waals surface area contributed by atoms with Crippen LogP contribution in [-0.2, 0) is 9.53 Å². The topological polar surface area (TPSA) is 86.4 Å². The first-order valence-electron chi connectivity index (χ1n) is 10.2. The van der Waals surface area contributed by atoms with E-state index in [1.165, 1.54) is 15.3 Å². The Labute approximate surface area is 171 Å². The van der Waals surface area contributed by atoms with Crippen molar-refractivity contribution in [3.8, 4) is 0 Å². The number of rotatable bonds is 17. The Hall–Kier alpha value is 0.0400. The minimum atomic E-state index is -0.0501. The number of carbonyl (C=O) groups excluding carboxylic acids is 1. The maximum atomic E-state index is 11.3. The average Bonchev–Trinajstić information content (AvgIpc) is 2.63. The second-order valence-corrected chi connectivity index (χ2v) is 9.91. The number of halogens is 1. The van der Waals surface area contributed by atoms with E-state index in [0.717, 1.165) is 45.7 Å². The van der Waals surface area contributed by atoms with Crippen molar-refractivity contribution >= 4 is 5.97 Å². The molecule has 0 saturated carbocycles. The molecule has 2 unspecified atom stereocenters. The summed E-state index contributed by atoms with van der Waals surface area (Å²) in [5.41, 5.74) is 9.94. The van der Waals surface area contributed by atoms with Crippen molar-refractivity contribution in [3.05, 3.63) is 0 Å². The fraction of sp³-hybridized carbons (Fsp3) is 0.947. The molecule has 0 amide bonds. The maximum absolute atomic E-state index is 11.3. The molecule has 0 rings (SSSR count). The van der Waals surface area contributed by atoms with Gasteiger partial charge in [0.25, 0.3) is 0 Å². The SMILES string of the molecule is CCCN(CCN)C(C)C(C)N(C[NH3+])CC[I-]CCCCC(=O)OCC. The van der Waals surface area contributed by atoms with Crippen LogP contribution < -0.4 is 32.7 Å². The van der Waals surface area contributed by atoms with Crippen molar-refractivity contribution in [2.75, 3.05) is 48.3 Å². The van der Waals surface area contributed by atoms with Crippen LogP contribution in [-0.4, -0.2) is 76.2 Å². The normalized spacial score (nSPS) is 14.2. The first kappa shape index (κ1) is 26.0. The molecular formula is C19H43IN4O2. The van der Waals surface area contributed by atoms with Crippen LogP contribution in [0.25, 0.3) is 0 Å². The average molecular weight is 486 g/mol. The molecule has 0 saturated heterocycles. The van der Waals surface area contributed by atoms with E-state index in [4.69, 9.17) is 10.5 Å². The first-order chi connectivity index (χ1) is 12.5. The van der Waals surface area contributed by atoms with Gasteiger partial charge in [0.15, 0.2) is 0 Å². The van der Waals surface area contributed by atoms with Gasteiger partial charge < -0.3 is 0 Å². The van der Waals surface area contributed by atoms with E-state index in [1.54, 1.807) is 0 Å². The Balaban J connectivity index is 4.07. The number of carbonyl (C=O) groups is 1. The van der Waals surface area contributed by atoms with Crippen LogP contribution in [0.5, 0.6) is 0 Å². The third-order valence-corrected chi connectivity index (χ3v) is 7.54. The van der Waals surface area contributed by atoms with Gasteiger partial charge in [-0.3, -0.25) is 0 Å². The molecule has 5 N–H and O–H groups in total. The van der Waals surface area contributed by atoms with Crippen molar-refractivity contribution in [1.29, 1.82) is 0 Å². The number of quaternary nitrogens is 1. The van der Waals surface area contributed by atoms with Crippen molar-refractivity contribution in [2.24, 2.45) is 5.73 Å². The van der Waals surface area contributed by atoms with E-state index in [-0.39, 0.29) is 27.2 Å². The number of ether oxygens (including phenoxy) is 1. The predicted molar refractivity (Wildman–Crippen MR) is 105 cm³/mol. The van der Waals surface area contributed by atoms with Gasteiger partial charge in [-0.15, -0.1) is 0 Å². The number of esters is 1. The van der Waals surface area contributed by atoms with Gasteiger partial charge in [0.05, 0.1) is 0 Å². The van der Waals surface area contributed by atoms with Gasteiger partial charge in [-0.05, 0) is 0 Å². The summed E-state index contributed by atoms with van der Waals surface area (Å²) in [6.45, 7) is 14.0. The molecule has 158 valence electrons. The second kappa shape index (κ2) is 17.2. The Morgan fingerprint density at radius 3 is 2.35 bits per heavy atom. The number of hydrogen-bond acceptors (Lipinski definition) is 5. The van der Waals surface area contributed by atoms with Gasteiger partial charge in [0, 0.05) is 0 Å². The first-order valence-corrected chi connectivity index (χ1v) is 13.2. The van der Waals surface area contributed by atoms with Gasteiger partial charge in [-0.2, -0.15) is 0 Å². The number of hydrogen-bond donors (Lipinski definition) is 2. The van der Waals surface area contributed by atoms with Crippen molar-refractivity contribution in [1.82, 2.24) is 9.80 Å². The Kier molecular flexibility index (Phi) is 17.2. The van der Waals surface area contributed by atoms with Gasteiger partial charge in [0.1, 0.15) is 0 Å². The fourth-order valence-corrected chi connectivity index (χ4v) is 5.63. The zero-order valence-corrected chi connectivity index (χ0v) is 19.7. The zero-order chi connectivity index (χ0) is 19.8. The third kappa shape index (κ3) is 11.7. The summed E-state index contributed by atoms with van der Waals surface area (Å²) in [5.74, 6) is -0.0501. The van der Waals surface area contributed by atoms with Crippen LogP contribution in [0.15, 0.2) is 0 Å². The number of unbranched alkanes of at least 4 members (excludes halogenated alkanes) is 1. The molecule has 6 nitrogen and oxygen atoms in total. The van der Waals surface area contributed by atoms with Gasteiger partial charge in [0.2, 0.25) is 0 Å².